The summed E-state index contributed by atoms with van der Waals surface area (Å²) in [6.45, 7) is 2.44. The quantitative estimate of drug-likeness (QED) is 0.236. The van der Waals surface area contributed by atoms with Crippen LogP contribution in [0.15, 0.2) is 4.99 Å². The summed E-state index contributed by atoms with van der Waals surface area (Å²) in [5.74, 6) is 0.0984. The Morgan fingerprint density at radius 1 is 1.53 bits per heavy atom. The van der Waals surface area contributed by atoms with Crippen LogP contribution < -0.4 is 16.4 Å². The van der Waals surface area contributed by atoms with Gasteiger partial charge in [0.1, 0.15) is 6.54 Å². The Hall–Kier alpha value is -0.610. The lowest BCUT2D eigenvalue weighted by Crippen LogP contribution is -2.38. The molecule has 0 saturated carbocycles. The molecule has 1 heterocycles. The first-order valence-corrected chi connectivity index (χ1v) is 6.13. The molecule has 0 aliphatic carbocycles. The third-order valence-electron chi connectivity index (χ3n) is 2.56. The van der Waals surface area contributed by atoms with E-state index in [1.54, 1.807) is 7.11 Å². The van der Waals surface area contributed by atoms with Crippen LogP contribution in [-0.2, 0) is 14.3 Å². The number of nitrogens with zero attached hydrogens (tertiary/aromatic N) is 1. The Balaban J connectivity index is 0.00000324. The van der Waals surface area contributed by atoms with Crippen LogP contribution in [0.3, 0.4) is 0 Å². The van der Waals surface area contributed by atoms with Crippen LogP contribution >= 0.6 is 24.0 Å². The first-order chi connectivity index (χ1) is 8.72. The molecule has 1 atom stereocenters. The summed E-state index contributed by atoms with van der Waals surface area (Å²) in [5.41, 5.74) is 5.63. The molecule has 7 nitrogen and oxygen atoms in total. The first-order valence-electron chi connectivity index (χ1n) is 6.13. The van der Waals surface area contributed by atoms with Crippen molar-refractivity contribution in [3.05, 3.63) is 0 Å². The number of amides is 1. The lowest BCUT2D eigenvalue weighted by molar-refractivity contribution is -0.119. The van der Waals surface area contributed by atoms with Crippen molar-refractivity contribution in [3.63, 3.8) is 0 Å². The van der Waals surface area contributed by atoms with Crippen molar-refractivity contribution < 1.29 is 14.3 Å². The predicted molar refractivity (Wildman–Crippen MR) is 83.8 cm³/mol. The summed E-state index contributed by atoms with van der Waals surface area (Å²) >= 11 is 0. The minimum absolute atomic E-state index is 0. The highest BCUT2D eigenvalue weighted by Crippen LogP contribution is 2.10. The molecule has 8 heteroatoms. The summed E-state index contributed by atoms with van der Waals surface area (Å²) < 4.78 is 10.2. The minimum atomic E-state index is -0.172. The second-order valence-corrected chi connectivity index (χ2v) is 4.06. The Morgan fingerprint density at radius 3 is 2.95 bits per heavy atom. The number of methoxy groups -OCH3 is 1. The minimum Gasteiger partial charge on any atom is -0.383 e. The third kappa shape index (κ3) is 9.00. The van der Waals surface area contributed by atoms with Crippen LogP contribution in [0, 0.1) is 0 Å². The van der Waals surface area contributed by atoms with Crippen molar-refractivity contribution in [1.29, 1.82) is 0 Å². The van der Waals surface area contributed by atoms with E-state index in [9.17, 15) is 4.79 Å². The third-order valence-corrected chi connectivity index (χ3v) is 2.56. The molecule has 0 radical (unpaired) electrons. The molecule has 0 aromatic heterocycles. The van der Waals surface area contributed by atoms with Gasteiger partial charge in [0.05, 0.1) is 12.7 Å². The van der Waals surface area contributed by atoms with Gasteiger partial charge < -0.3 is 25.8 Å². The fourth-order valence-corrected chi connectivity index (χ4v) is 1.59. The Labute approximate surface area is 130 Å². The summed E-state index contributed by atoms with van der Waals surface area (Å²) in [7, 11) is 1.58. The molecule has 0 bridgehead atoms. The second kappa shape index (κ2) is 11.2. The topological polar surface area (TPSA) is 98.0 Å². The number of nitrogens with two attached hydrogens (primary N) is 1. The normalized spacial score (nSPS) is 18.8. The number of hydrogen-bond acceptors (Lipinski definition) is 4. The fourth-order valence-electron chi connectivity index (χ4n) is 1.59. The maximum absolute atomic E-state index is 11.3. The molecule has 1 amide bonds. The molecule has 112 valence electrons. The zero-order valence-corrected chi connectivity index (χ0v) is 13.5. The van der Waals surface area contributed by atoms with E-state index >= 15 is 0 Å². The van der Waals surface area contributed by atoms with Crippen molar-refractivity contribution in [1.82, 2.24) is 10.6 Å². The fraction of sp³-hybridized carbons (Fsp3) is 0.818. The summed E-state index contributed by atoms with van der Waals surface area (Å²) in [5, 5.41) is 5.60. The van der Waals surface area contributed by atoms with Gasteiger partial charge in [-0.2, -0.15) is 0 Å². The highest BCUT2D eigenvalue weighted by atomic mass is 127. The standard InChI is InChI=1S/C11H22N4O3.HI/c1-17-6-4-13-10(16)8-15-11(12)14-7-9-3-2-5-18-9;/h9H,2-8H2,1H3,(H,13,16)(H3,12,14,15);1H. The molecule has 0 aromatic carbocycles. The Morgan fingerprint density at radius 2 is 2.32 bits per heavy atom. The molecular formula is C11H23IN4O3. The molecule has 0 spiro atoms. The van der Waals surface area contributed by atoms with Crippen molar-refractivity contribution in [2.24, 2.45) is 10.7 Å². The lowest BCUT2D eigenvalue weighted by atomic mass is 10.2. The lowest BCUT2D eigenvalue weighted by Gasteiger charge is -2.11. The Kier molecular flexibility index (Phi) is 10.9. The van der Waals surface area contributed by atoms with E-state index in [-0.39, 0.29) is 48.5 Å². The molecule has 1 saturated heterocycles. The molecular weight excluding hydrogens is 363 g/mol. The highest BCUT2D eigenvalue weighted by molar-refractivity contribution is 14.0. The number of nitrogens with one attached hydrogen (secondary N) is 2. The van der Waals surface area contributed by atoms with E-state index in [0.29, 0.717) is 19.7 Å². The van der Waals surface area contributed by atoms with Crippen molar-refractivity contribution in [2.75, 3.05) is 40.0 Å². The predicted octanol–water partition coefficient (Wildman–Crippen LogP) is -0.550. The van der Waals surface area contributed by atoms with E-state index in [1.807, 2.05) is 0 Å². The van der Waals surface area contributed by atoms with Crippen LogP contribution in [0.1, 0.15) is 12.8 Å². The summed E-state index contributed by atoms with van der Waals surface area (Å²) in [6, 6.07) is 0. The van der Waals surface area contributed by atoms with Crippen molar-refractivity contribution >= 4 is 35.8 Å². The number of guanidine groups is 1. The van der Waals surface area contributed by atoms with Crippen LogP contribution in [-0.4, -0.2) is 57.9 Å². The molecule has 1 unspecified atom stereocenters. The molecule has 1 aliphatic rings. The van der Waals surface area contributed by atoms with Gasteiger partial charge in [-0.25, -0.2) is 4.99 Å². The van der Waals surface area contributed by atoms with Gasteiger partial charge in [-0.1, -0.05) is 0 Å². The summed E-state index contributed by atoms with van der Waals surface area (Å²) in [4.78, 5) is 15.2. The molecule has 4 N–H and O–H groups in total. The highest BCUT2D eigenvalue weighted by Gasteiger charge is 2.14. The molecule has 1 rings (SSSR count). The number of aliphatic imine (C=N–C) groups is 1. The van der Waals surface area contributed by atoms with Gasteiger partial charge in [0, 0.05) is 26.8 Å². The van der Waals surface area contributed by atoms with Gasteiger partial charge in [0.25, 0.3) is 0 Å². The maximum atomic E-state index is 11.3. The van der Waals surface area contributed by atoms with E-state index < -0.39 is 0 Å². The van der Waals surface area contributed by atoms with Gasteiger partial charge in [-0.05, 0) is 12.8 Å². The van der Waals surface area contributed by atoms with Gasteiger partial charge >= 0.3 is 0 Å². The van der Waals surface area contributed by atoms with Gasteiger partial charge in [0.15, 0.2) is 5.96 Å². The molecule has 1 fully saturated rings. The Bertz CT molecular complexity index is 283. The number of halogens is 1. The number of ether oxygens (including phenoxy) is 2. The second-order valence-electron chi connectivity index (χ2n) is 4.06. The molecule has 0 aromatic rings. The summed E-state index contributed by atoms with van der Waals surface area (Å²) in [6.07, 6.45) is 2.33. The molecule has 19 heavy (non-hydrogen) atoms. The van der Waals surface area contributed by atoms with Crippen molar-refractivity contribution in [3.8, 4) is 0 Å². The zero-order valence-electron chi connectivity index (χ0n) is 11.2. The largest absolute Gasteiger partial charge is 0.383 e. The zero-order chi connectivity index (χ0) is 13.2. The van der Waals surface area contributed by atoms with E-state index in [2.05, 4.69) is 15.6 Å². The van der Waals surface area contributed by atoms with Crippen LogP contribution in [0.2, 0.25) is 0 Å². The van der Waals surface area contributed by atoms with E-state index in [4.69, 9.17) is 15.2 Å². The number of carbonyl (C=O) groups is 1. The average Bonchev–Trinajstić information content (AvgIpc) is 2.87. The van der Waals surface area contributed by atoms with Crippen LogP contribution in [0.5, 0.6) is 0 Å². The van der Waals surface area contributed by atoms with E-state index in [0.717, 1.165) is 19.4 Å². The maximum Gasteiger partial charge on any atom is 0.241 e. The SMILES string of the molecule is COCCNC(=O)CN=C(N)NCC1CCCO1.I. The first kappa shape index (κ1) is 18.4. The van der Waals surface area contributed by atoms with E-state index in [1.165, 1.54) is 0 Å². The van der Waals surface area contributed by atoms with Crippen LogP contribution in [0.4, 0.5) is 0 Å². The van der Waals surface area contributed by atoms with Gasteiger partial charge in [0.2, 0.25) is 5.91 Å². The van der Waals surface area contributed by atoms with Crippen LogP contribution in [0.25, 0.3) is 0 Å². The smallest absolute Gasteiger partial charge is 0.241 e. The van der Waals surface area contributed by atoms with Gasteiger partial charge in [-0.3, -0.25) is 4.79 Å². The van der Waals surface area contributed by atoms with Gasteiger partial charge in [-0.15, -0.1) is 24.0 Å². The van der Waals surface area contributed by atoms with Crippen molar-refractivity contribution in [2.45, 2.75) is 18.9 Å². The molecule has 1 aliphatic heterocycles. The monoisotopic (exact) mass is 386 g/mol. The number of hydrogen-bond donors (Lipinski definition) is 3. The number of rotatable bonds is 7. The number of carbonyl (C=O) groups excluding carboxylic acids is 1. The average molecular weight is 386 g/mol.